The summed E-state index contributed by atoms with van der Waals surface area (Å²) in [5, 5.41) is 17.1. The Bertz CT molecular complexity index is 644. The zero-order chi connectivity index (χ0) is 19.5. The van der Waals surface area contributed by atoms with Gasteiger partial charge in [-0.15, -0.1) is 0 Å². The summed E-state index contributed by atoms with van der Waals surface area (Å²) in [5.74, 6) is 0. The number of alkyl carbamates (subject to hydrolysis) is 1. The maximum atomic E-state index is 12.0. The first-order valence-electron chi connectivity index (χ1n) is 10.7. The van der Waals surface area contributed by atoms with Crippen LogP contribution in [0, 0.1) is 5.41 Å². The third-order valence-corrected chi connectivity index (χ3v) is 6.86. The number of likely N-dealkylation sites (tertiary alicyclic amines) is 1. The zero-order valence-corrected chi connectivity index (χ0v) is 16.7. The minimum Gasteiger partial charge on any atom is -0.445 e. The molecule has 28 heavy (non-hydrogen) atoms. The molecule has 4 rings (SSSR count). The van der Waals surface area contributed by atoms with E-state index in [0.717, 1.165) is 64.0 Å². The molecule has 0 radical (unpaired) electrons. The van der Waals surface area contributed by atoms with Crippen LogP contribution in [0.1, 0.15) is 44.1 Å². The van der Waals surface area contributed by atoms with Gasteiger partial charge in [0.15, 0.2) is 0 Å². The van der Waals surface area contributed by atoms with Gasteiger partial charge in [0.05, 0.1) is 5.60 Å². The molecule has 3 aliphatic rings. The summed E-state index contributed by atoms with van der Waals surface area (Å²) in [6.07, 6.45) is 5.83. The first kappa shape index (κ1) is 19.7. The van der Waals surface area contributed by atoms with Crippen LogP contribution in [0.4, 0.5) is 4.79 Å². The molecule has 2 heterocycles. The number of benzene rings is 1. The molecule has 3 N–H and O–H groups in total. The lowest BCUT2D eigenvalue weighted by molar-refractivity contribution is -0.0510. The van der Waals surface area contributed by atoms with E-state index >= 15 is 0 Å². The van der Waals surface area contributed by atoms with Gasteiger partial charge in [0.25, 0.3) is 0 Å². The Morgan fingerprint density at radius 1 is 1.14 bits per heavy atom. The van der Waals surface area contributed by atoms with Gasteiger partial charge in [0.1, 0.15) is 6.61 Å². The second-order valence-electron chi connectivity index (χ2n) is 9.06. The van der Waals surface area contributed by atoms with Crippen LogP contribution in [0.15, 0.2) is 30.3 Å². The molecule has 1 aromatic rings. The number of aliphatic hydroxyl groups is 1. The van der Waals surface area contributed by atoms with Gasteiger partial charge in [-0.3, -0.25) is 0 Å². The van der Waals surface area contributed by atoms with Crippen molar-refractivity contribution in [3.05, 3.63) is 35.9 Å². The van der Waals surface area contributed by atoms with Crippen LogP contribution in [0.3, 0.4) is 0 Å². The molecule has 0 bridgehead atoms. The van der Waals surface area contributed by atoms with E-state index in [4.69, 9.17) is 4.74 Å². The molecule has 1 spiro atoms. The highest BCUT2D eigenvalue weighted by atomic mass is 16.5. The largest absolute Gasteiger partial charge is 0.445 e. The Morgan fingerprint density at radius 3 is 2.50 bits per heavy atom. The van der Waals surface area contributed by atoms with Crippen molar-refractivity contribution in [1.29, 1.82) is 0 Å². The maximum absolute atomic E-state index is 12.0. The van der Waals surface area contributed by atoms with Crippen molar-refractivity contribution in [3.63, 3.8) is 0 Å². The maximum Gasteiger partial charge on any atom is 0.407 e. The zero-order valence-electron chi connectivity index (χ0n) is 16.7. The third kappa shape index (κ3) is 4.85. The van der Waals surface area contributed by atoms with Crippen molar-refractivity contribution in [2.75, 3.05) is 32.7 Å². The van der Waals surface area contributed by atoms with Crippen LogP contribution in [-0.4, -0.2) is 60.5 Å². The van der Waals surface area contributed by atoms with E-state index in [1.807, 2.05) is 30.3 Å². The lowest BCUT2D eigenvalue weighted by Gasteiger charge is -2.53. The Hall–Kier alpha value is -1.63. The summed E-state index contributed by atoms with van der Waals surface area (Å²) in [4.78, 5) is 14.5. The van der Waals surface area contributed by atoms with Crippen LogP contribution >= 0.6 is 0 Å². The van der Waals surface area contributed by atoms with Crippen LogP contribution in [-0.2, 0) is 11.3 Å². The minimum atomic E-state index is -0.512. The highest BCUT2D eigenvalue weighted by Crippen LogP contribution is 2.49. The van der Waals surface area contributed by atoms with Crippen molar-refractivity contribution in [2.45, 2.75) is 56.8 Å². The Kier molecular flexibility index (Phi) is 5.90. The van der Waals surface area contributed by atoms with Crippen molar-refractivity contribution in [3.8, 4) is 0 Å². The normalized spacial score (nSPS) is 24.5. The average Bonchev–Trinajstić information content (AvgIpc) is 2.68. The highest BCUT2D eigenvalue weighted by molar-refractivity contribution is 5.67. The van der Waals surface area contributed by atoms with Gasteiger partial charge in [-0.1, -0.05) is 30.3 Å². The molecule has 154 valence electrons. The molecule has 6 nitrogen and oxygen atoms in total. The second kappa shape index (κ2) is 8.39. The van der Waals surface area contributed by atoms with Crippen molar-refractivity contribution in [1.82, 2.24) is 15.5 Å². The number of carbonyl (C=O) groups is 1. The molecule has 1 aliphatic carbocycles. The Labute approximate surface area is 167 Å². The molecular weight excluding hydrogens is 354 g/mol. The first-order chi connectivity index (χ1) is 13.5. The molecule has 0 aromatic heterocycles. The standard InChI is InChI=1S/C22H33N3O3/c26-20(28-16-18-4-2-1-3-5-18)24-19-14-21(15-19)8-12-25(13-9-21)17-22(27)6-10-23-11-7-22/h1-5,19,23,27H,6-17H2,(H,24,26). The van der Waals surface area contributed by atoms with Crippen LogP contribution in [0.25, 0.3) is 0 Å². The van der Waals surface area contributed by atoms with E-state index in [1.165, 1.54) is 12.8 Å². The van der Waals surface area contributed by atoms with Crippen molar-refractivity contribution in [2.24, 2.45) is 5.41 Å². The quantitative estimate of drug-likeness (QED) is 0.723. The van der Waals surface area contributed by atoms with E-state index in [0.29, 0.717) is 12.0 Å². The van der Waals surface area contributed by atoms with E-state index < -0.39 is 5.60 Å². The van der Waals surface area contributed by atoms with E-state index in [2.05, 4.69) is 15.5 Å². The van der Waals surface area contributed by atoms with Crippen LogP contribution < -0.4 is 10.6 Å². The number of nitrogens with one attached hydrogen (secondary N) is 2. The van der Waals surface area contributed by atoms with Gasteiger partial charge in [0, 0.05) is 12.6 Å². The SMILES string of the molecule is O=C(NC1CC2(CCN(CC3(O)CCNCC3)CC2)C1)OCc1ccccc1. The molecule has 1 aromatic carbocycles. The number of nitrogens with zero attached hydrogens (tertiary/aromatic N) is 1. The van der Waals surface area contributed by atoms with Crippen molar-refractivity contribution >= 4 is 6.09 Å². The predicted octanol–water partition coefficient (Wildman–Crippen LogP) is 2.27. The number of hydrogen-bond acceptors (Lipinski definition) is 5. The fourth-order valence-corrected chi connectivity index (χ4v) is 5.08. The highest BCUT2D eigenvalue weighted by Gasteiger charge is 2.47. The second-order valence-corrected chi connectivity index (χ2v) is 9.06. The smallest absolute Gasteiger partial charge is 0.407 e. The molecule has 2 saturated heterocycles. The van der Waals surface area contributed by atoms with Gasteiger partial charge in [-0.2, -0.15) is 0 Å². The Balaban J connectivity index is 1.15. The number of hydrogen-bond donors (Lipinski definition) is 3. The minimum absolute atomic E-state index is 0.239. The van der Waals surface area contributed by atoms with Gasteiger partial charge >= 0.3 is 6.09 Å². The molecule has 1 saturated carbocycles. The van der Waals surface area contributed by atoms with E-state index in [-0.39, 0.29) is 12.1 Å². The summed E-state index contributed by atoms with van der Waals surface area (Å²) in [6.45, 7) is 5.07. The molecule has 2 aliphatic heterocycles. The van der Waals surface area contributed by atoms with Gasteiger partial charge in [-0.25, -0.2) is 4.79 Å². The molecule has 6 heteroatoms. The molecular formula is C22H33N3O3. The topological polar surface area (TPSA) is 73.8 Å². The fourth-order valence-electron chi connectivity index (χ4n) is 5.08. The number of piperidine rings is 2. The van der Waals surface area contributed by atoms with Crippen LogP contribution in [0.5, 0.6) is 0 Å². The Morgan fingerprint density at radius 2 is 1.82 bits per heavy atom. The number of rotatable bonds is 5. The summed E-state index contributed by atoms with van der Waals surface area (Å²) < 4.78 is 5.33. The van der Waals surface area contributed by atoms with Gasteiger partial charge in [-0.05, 0) is 75.7 Å². The molecule has 1 amide bonds. The molecule has 0 unspecified atom stereocenters. The van der Waals surface area contributed by atoms with Gasteiger partial charge in [0.2, 0.25) is 0 Å². The predicted molar refractivity (Wildman–Crippen MR) is 108 cm³/mol. The summed E-state index contributed by atoms with van der Waals surface area (Å²) in [5.41, 5.74) is 0.873. The van der Waals surface area contributed by atoms with Gasteiger partial charge < -0.3 is 25.4 Å². The summed E-state index contributed by atoms with van der Waals surface area (Å²) in [6, 6.07) is 10.0. The number of carbonyl (C=O) groups excluding carboxylic acids is 1. The number of β-amino-alcohol motifs (C(OH)–C–C–N with tert-alkyl or cyclic N) is 1. The number of amides is 1. The lowest BCUT2D eigenvalue weighted by Crippen LogP contribution is -2.57. The summed E-state index contributed by atoms with van der Waals surface area (Å²) in [7, 11) is 0. The first-order valence-corrected chi connectivity index (χ1v) is 10.7. The third-order valence-electron chi connectivity index (χ3n) is 6.86. The number of ether oxygens (including phenoxy) is 1. The molecule has 0 atom stereocenters. The van der Waals surface area contributed by atoms with Crippen LogP contribution in [0.2, 0.25) is 0 Å². The lowest BCUT2D eigenvalue weighted by atomic mass is 9.60. The molecule has 3 fully saturated rings. The van der Waals surface area contributed by atoms with E-state index in [9.17, 15) is 9.90 Å². The van der Waals surface area contributed by atoms with Crippen molar-refractivity contribution < 1.29 is 14.6 Å². The van der Waals surface area contributed by atoms with E-state index in [1.54, 1.807) is 0 Å². The fraction of sp³-hybridized carbons (Fsp3) is 0.682. The summed E-state index contributed by atoms with van der Waals surface area (Å²) >= 11 is 0. The monoisotopic (exact) mass is 387 g/mol. The average molecular weight is 388 g/mol.